The molecule has 0 bridgehead atoms. The van der Waals surface area contributed by atoms with E-state index >= 15 is 0 Å². The number of nitrogens with zero attached hydrogens (tertiary/aromatic N) is 3. The highest BCUT2D eigenvalue weighted by Gasteiger charge is 2.13. The second-order valence-electron chi connectivity index (χ2n) is 4.55. The molecule has 1 amide bonds. The van der Waals surface area contributed by atoms with Gasteiger partial charge in [0, 0.05) is 35.0 Å². The van der Waals surface area contributed by atoms with E-state index in [1.807, 2.05) is 9.78 Å². The number of fused-ring (bicyclic) bond motifs is 1. The lowest BCUT2D eigenvalue weighted by atomic mass is 10.1. The molecule has 0 saturated heterocycles. The Morgan fingerprint density at radius 3 is 2.77 bits per heavy atom. The van der Waals surface area contributed by atoms with Crippen LogP contribution in [0.25, 0.3) is 16.2 Å². The molecule has 3 rings (SSSR count). The van der Waals surface area contributed by atoms with Crippen LogP contribution in [0.5, 0.6) is 0 Å². The van der Waals surface area contributed by atoms with Crippen molar-refractivity contribution in [2.75, 3.05) is 0 Å². The lowest BCUT2D eigenvalue weighted by Crippen LogP contribution is -2.31. The van der Waals surface area contributed by atoms with Crippen molar-refractivity contribution in [1.82, 2.24) is 14.8 Å². The smallest absolute Gasteiger partial charge is 0.269 e. The molecule has 8 nitrogen and oxygen atoms in total. The first-order valence-electron chi connectivity index (χ1n) is 6.28. The summed E-state index contributed by atoms with van der Waals surface area (Å²) in [5, 5.41) is 12.5. The number of imidazole rings is 1. The van der Waals surface area contributed by atoms with Crippen molar-refractivity contribution in [2.45, 2.75) is 6.42 Å². The van der Waals surface area contributed by atoms with Crippen LogP contribution in [0.4, 0.5) is 5.69 Å². The van der Waals surface area contributed by atoms with E-state index in [2.05, 4.69) is 10.4 Å². The molecule has 112 valence electrons. The van der Waals surface area contributed by atoms with Gasteiger partial charge < -0.3 is 0 Å². The molecule has 0 aliphatic rings. The number of hydrogen-bond acceptors (Lipinski definition) is 6. The van der Waals surface area contributed by atoms with Gasteiger partial charge in [0.25, 0.3) is 5.69 Å². The van der Waals surface area contributed by atoms with Crippen LogP contribution in [-0.4, -0.2) is 20.2 Å². The highest BCUT2D eigenvalue weighted by Crippen LogP contribution is 2.25. The third-order valence-corrected chi connectivity index (χ3v) is 4.05. The van der Waals surface area contributed by atoms with Crippen LogP contribution >= 0.6 is 11.3 Å². The zero-order chi connectivity index (χ0) is 15.7. The van der Waals surface area contributed by atoms with Crippen molar-refractivity contribution in [1.29, 1.82) is 0 Å². The predicted octanol–water partition coefficient (Wildman–Crippen LogP) is 1.50. The molecule has 2 heterocycles. The Labute approximate surface area is 128 Å². The quantitative estimate of drug-likeness (QED) is 0.327. The number of benzene rings is 1. The molecular weight excluding hydrogens is 306 g/mol. The fourth-order valence-corrected chi connectivity index (χ4v) is 2.94. The van der Waals surface area contributed by atoms with Crippen LogP contribution in [-0.2, 0) is 11.2 Å². The number of rotatable bonds is 4. The Morgan fingerprint density at radius 1 is 1.41 bits per heavy atom. The summed E-state index contributed by atoms with van der Waals surface area (Å²) in [5.74, 6) is 4.80. The van der Waals surface area contributed by atoms with Gasteiger partial charge in [0.2, 0.25) is 5.91 Å². The SMILES string of the molecule is NNC(=O)Cc1csc2nc(-c3ccc([N+](=O)[O-])cc3)cn12. The predicted molar refractivity (Wildman–Crippen MR) is 81.2 cm³/mol. The fourth-order valence-electron chi connectivity index (χ4n) is 2.07. The third kappa shape index (κ3) is 2.54. The molecule has 0 atom stereocenters. The minimum Gasteiger partial charge on any atom is -0.294 e. The second-order valence-corrected chi connectivity index (χ2v) is 5.39. The van der Waals surface area contributed by atoms with Gasteiger partial charge in [-0.15, -0.1) is 11.3 Å². The zero-order valence-corrected chi connectivity index (χ0v) is 12.0. The zero-order valence-electron chi connectivity index (χ0n) is 11.2. The summed E-state index contributed by atoms with van der Waals surface area (Å²) >= 11 is 1.41. The van der Waals surface area contributed by atoms with E-state index in [1.54, 1.807) is 18.3 Å². The summed E-state index contributed by atoms with van der Waals surface area (Å²) in [6, 6.07) is 6.17. The van der Waals surface area contributed by atoms with E-state index in [4.69, 9.17) is 5.84 Å². The standard InChI is InChI=1S/C13H11N5O3S/c14-16-12(19)5-10-7-22-13-15-11(6-17(10)13)8-1-3-9(4-2-8)18(20)21/h1-4,6-7H,5,14H2,(H,16,19). The van der Waals surface area contributed by atoms with Crippen LogP contribution < -0.4 is 11.3 Å². The van der Waals surface area contributed by atoms with E-state index in [9.17, 15) is 14.9 Å². The molecule has 0 radical (unpaired) electrons. The average Bonchev–Trinajstić information content (AvgIpc) is 3.09. The Balaban J connectivity index is 1.95. The molecule has 0 fully saturated rings. The Kier molecular flexibility index (Phi) is 3.57. The van der Waals surface area contributed by atoms with Gasteiger partial charge in [-0.05, 0) is 12.1 Å². The lowest BCUT2D eigenvalue weighted by molar-refractivity contribution is -0.384. The van der Waals surface area contributed by atoms with Crippen molar-refractivity contribution >= 4 is 27.9 Å². The molecule has 9 heteroatoms. The lowest BCUT2D eigenvalue weighted by Gasteiger charge is -1.98. The molecule has 1 aromatic carbocycles. The van der Waals surface area contributed by atoms with Gasteiger partial charge in [-0.2, -0.15) is 0 Å². The molecule has 3 aromatic rings. The van der Waals surface area contributed by atoms with E-state index in [0.717, 1.165) is 16.2 Å². The van der Waals surface area contributed by atoms with Crippen molar-refractivity contribution in [2.24, 2.45) is 5.84 Å². The molecule has 2 aromatic heterocycles. The molecule has 0 saturated carbocycles. The maximum atomic E-state index is 11.4. The molecular formula is C13H11N5O3S. The van der Waals surface area contributed by atoms with Crippen LogP contribution in [0.2, 0.25) is 0 Å². The van der Waals surface area contributed by atoms with E-state index in [1.165, 1.54) is 23.5 Å². The number of nitrogens with one attached hydrogen (secondary N) is 1. The number of nitro groups is 1. The fraction of sp³-hybridized carbons (Fsp3) is 0.0769. The van der Waals surface area contributed by atoms with Gasteiger partial charge in [-0.25, -0.2) is 10.8 Å². The molecule has 0 spiro atoms. The molecule has 3 N–H and O–H groups in total. The van der Waals surface area contributed by atoms with Gasteiger partial charge in [0.1, 0.15) is 0 Å². The number of aromatic nitrogens is 2. The monoisotopic (exact) mass is 317 g/mol. The number of hydrogen-bond donors (Lipinski definition) is 2. The van der Waals surface area contributed by atoms with Crippen molar-refractivity contribution < 1.29 is 9.72 Å². The van der Waals surface area contributed by atoms with E-state index in [-0.39, 0.29) is 18.0 Å². The first kappa shape index (κ1) is 14.2. The molecule has 0 aliphatic carbocycles. The van der Waals surface area contributed by atoms with Gasteiger partial charge in [0.05, 0.1) is 17.0 Å². The van der Waals surface area contributed by atoms with Gasteiger partial charge >= 0.3 is 0 Å². The van der Waals surface area contributed by atoms with Crippen LogP contribution in [0.3, 0.4) is 0 Å². The van der Waals surface area contributed by atoms with Crippen molar-refractivity contribution in [3.63, 3.8) is 0 Å². The summed E-state index contributed by atoms with van der Waals surface area (Å²) in [7, 11) is 0. The topological polar surface area (TPSA) is 116 Å². The van der Waals surface area contributed by atoms with E-state index < -0.39 is 4.92 Å². The Bertz CT molecular complexity index is 852. The van der Waals surface area contributed by atoms with Crippen LogP contribution in [0, 0.1) is 10.1 Å². The number of nitrogens with two attached hydrogens (primary N) is 1. The van der Waals surface area contributed by atoms with Crippen LogP contribution in [0.1, 0.15) is 5.69 Å². The second kappa shape index (κ2) is 5.54. The normalized spacial score (nSPS) is 10.8. The van der Waals surface area contributed by atoms with Crippen LogP contribution in [0.15, 0.2) is 35.8 Å². The van der Waals surface area contributed by atoms with Gasteiger partial charge in [0.15, 0.2) is 4.96 Å². The number of non-ortho nitro benzene ring substituents is 1. The minimum atomic E-state index is -0.445. The number of hydrazine groups is 1. The number of nitro benzene ring substituents is 1. The minimum absolute atomic E-state index is 0.0325. The van der Waals surface area contributed by atoms with Gasteiger partial charge in [-0.1, -0.05) is 0 Å². The summed E-state index contributed by atoms with van der Waals surface area (Å²) in [6.07, 6.45) is 1.96. The highest BCUT2D eigenvalue weighted by molar-refractivity contribution is 7.15. The van der Waals surface area contributed by atoms with Crippen molar-refractivity contribution in [3.05, 3.63) is 51.7 Å². The Hall–Kier alpha value is -2.78. The first-order chi connectivity index (χ1) is 10.6. The maximum absolute atomic E-state index is 11.4. The summed E-state index contributed by atoms with van der Waals surface area (Å²) in [6.45, 7) is 0. The Morgan fingerprint density at radius 2 is 2.14 bits per heavy atom. The average molecular weight is 317 g/mol. The first-order valence-corrected chi connectivity index (χ1v) is 7.16. The molecule has 0 unspecified atom stereocenters. The number of amides is 1. The molecule has 0 aliphatic heterocycles. The van der Waals surface area contributed by atoms with Crippen molar-refractivity contribution in [3.8, 4) is 11.3 Å². The maximum Gasteiger partial charge on any atom is 0.269 e. The highest BCUT2D eigenvalue weighted by atomic mass is 32.1. The largest absolute Gasteiger partial charge is 0.294 e. The summed E-state index contributed by atoms with van der Waals surface area (Å²) in [5.41, 5.74) is 4.37. The number of thiazole rings is 1. The third-order valence-electron chi connectivity index (χ3n) is 3.16. The van der Waals surface area contributed by atoms with E-state index in [0.29, 0.717) is 5.69 Å². The number of carbonyl (C=O) groups is 1. The van der Waals surface area contributed by atoms with Gasteiger partial charge in [-0.3, -0.25) is 24.7 Å². The molecule has 22 heavy (non-hydrogen) atoms. The number of carbonyl (C=O) groups excluding carboxylic acids is 1. The summed E-state index contributed by atoms with van der Waals surface area (Å²) < 4.78 is 1.82. The summed E-state index contributed by atoms with van der Waals surface area (Å²) in [4.78, 5) is 26.8.